The summed E-state index contributed by atoms with van der Waals surface area (Å²) in [5, 5.41) is 40.1. The molecule has 326 valence electrons. The van der Waals surface area contributed by atoms with Crippen molar-refractivity contribution in [3.8, 4) is 5.75 Å². The Morgan fingerprint density at radius 1 is 0.814 bits per heavy atom. The number of carboxylic acids is 1. The third-order valence-electron chi connectivity index (χ3n) is 9.82. The maximum atomic E-state index is 13.7. The van der Waals surface area contributed by atoms with Crippen LogP contribution in [0.2, 0.25) is 0 Å². The number of aromatic hydroxyl groups is 1. The Morgan fingerprint density at radius 2 is 1.49 bits per heavy atom. The lowest BCUT2D eigenvalue weighted by Gasteiger charge is -2.27. The number of phenolic OH excluding ortho intramolecular Hbond substituents is 1. The zero-order chi connectivity index (χ0) is 43.5. The quantitative estimate of drug-likeness (QED) is 0.0328. The monoisotopic (exact) mass is 846 g/mol. The standard InChI is InChI=1S/C39H58N8O11S/c1-22(2)32(46-36(55)28(42-23(3)49)19-24-11-14-26(50)15-12-24)37(56)44-27(35(54)43-25(20-48)13-16-31(52)53)9-6-8-17-40-30(51)10-5-4-7-18-41-38(57)34-33-29(21-59-34)45-39(58)47-33/h11-12,14-15,20,22,25,27-29,32-34,50H,4-10,13,16-19,21H2,1-3H3,(H,40,51)(H,41,57)(H,42,49)(H,43,54)(H,44,56)(H,46,55)(H,52,53)(H2,45,47,58)/t25-,27-,28-,29?,32-,33?,34?/m0/s1. The molecule has 1 aromatic carbocycles. The Kier molecular flexibility index (Phi) is 19.9. The first-order chi connectivity index (χ1) is 28.1. The molecule has 19 nitrogen and oxygen atoms in total. The number of urea groups is 1. The fourth-order valence-corrected chi connectivity index (χ4v) is 8.01. The van der Waals surface area contributed by atoms with Crippen molar-refractivity contribution in [1.29, 1.82) is 0 Å². The Hall–Kier alpha value is -5.40. The third-order valence-corrected chi connectivity index (χ3v) is 11.2. The summed E-state index contributed by atoms with van der Waals surface area (Å²) in [6.07, 6.45) is 3.09. The SMILES string of the molecule is CC(=O)N[C@@H](Cc1ccc(O)cc1)C(=O)N[C@H](C(=O)N[C@@H](CCCCNC(=O)CCCCCNC(=O)C1SCC2NC(=O)NC21)C(=O)N[C@H](C=O)CCC(=O)O)C(C)C. The van der Waals surface area contributed by atoms with Crippen LogP contribution >= 0.6 is 11.8 Å². The highest BCUT2D eigenvalue weighted by molar-refractivity contribution is 8.01. The van der Waals surface area contributed by atoms with Crippen LogP contribution in [0, 0.1) is 5.92 Å². The van der Waals surface area contributed by atoms with E-state index in [4.69, 9.17) is 5.11 Å². The fraction of sp³-hybridized carbons (Fsp3) is 0.615. The number of phenols is 1. The van der Waals surface area contributed by atoms with Gasteiger partial charge in [0.2, 0.25) is 35.4 Å². The molecule has 0 radical (unpaired) electrons. The van der Waals surface area contributed by atoms with E-state index < -0.39 is 59.7 Å². The van der Waals surface area contributed by atoms with Crippen LogP contribution in [0.25, 0.3) is 0 Å². The first-order valence-electron chi connectivity index (χ1n) is 19.9. The van der Waals surface area contributed by atoms with E-state index in [9.17, 15) is 48.3 Å². The van der Waals surface area contributed by atoms with Gasteiger partial charge in [-0.15, -0.1) is 11.8 Å². The van der Waals surface area contributed by atoms with E-state index in [-0.39, 0.29) is 79.6 Å². The van der Waals surface area contributed by atoms with Crippen LogP contribution < -0.4 is 42.5 Å². The molecular formula is C39H58N8O11S. The molecule has 1 aromatic rings. The zero-order valence-corrected chi connectivity index (χ0v) is 34.5. The second kappa shape index (κ2) is 24.5. The predicted molar refractivity (Wildman–Crippen MR) is 217 cm³/mol. The van der Waals surface area contributed by atoms with E-state index in [1.54, 1.807) is 26.0 Å². The minimum absolute atomic E-state index is 0.0247. The number of fused-ring (bicyclic) bond motifs is 1. The van der Waals surface area contributed by atoms with Gasteiger partial charge in [-0.05, 0) is 62.1 Å². The van der Waals surface area contributed by atoms with E-state index in [2.05, 4.69) is 42.5 Å². The summed E-state index contributed by atoms with van der Waals surface area (Å²) in [7, 11) is 0. The minimum atomic E-state index is -1.19. The number of rotatable bonds is 26. The van der Waals surface area contributed by atoms with Crippen LogP contribution in [-0.2, 0) is 44.8 Å². The summed E-state index contributed by atoms with van der Waals surface area (Å²) in [5.41, 5.74) is 0.637. The molecule has 59 heavy (non-hydrogen) atoms. The number of hydrogen-bond acceptors (Lipinski definition) is 11. The Labute approximate surface area is 347 Å². The molecule has 8 amide bonds. The van der Waals surface area contributed by atoms with Gasteiger partial charge in [-0.2, -0.15) is 0 Å². The summed E-state index contributed by atoms with van der Waals surface area (Å²) in [4.78, 5) is 112. The molecule has 0 spiro atoms. The summed E-state index contributed by atoms with van der Waals surface area (Å²) in [6.45, 7) is 5.36. The van der Waals surface area contributed by atoms with Gasteiger partial charge in [0.1, 0.15) is 35.4 Å². The number of carbonyl (C=O) groups is 9. The van der Waals surface area contributed by atoms with Crippen molar-refractivity contribution in [2.45, 2.75) is 126 Å². The highest BCUT2D eigenvalue weighted by Gasteiger charge is 2.46. The summed E-state index contributed by atoms with van der Waals surface area (Å²) < 4.78 is 0. The minimum Gasteiger partial charge on any atom is -0.508 e. The van der Waals surface area contributed by atoms with Crippen molar-refractivity contribution >= 4 is 65.5 Å². The lowest BCUT2D eigenvalue weighted by molar-refractivity contribution is -0.137. The highest BCUT2D eigenvalue weighted by atomic mass is 32.2. The summed E-state index contributed by atoms with van der Waals surface area (Å²) in [6, 6.07) is 1.02. The molecule has 2 aliphatic heterocycles. The molecule has 20 heteroatoms. The topological polar surface area (TPSA) is 290 Å². The number of hydrogen-bond donors (Lipinski definition) is 10. The van der Waals surface area contributed by atoms with E-state index in [1.165, 1.54) is 30.8 Å². The first-order valence-corrected chi connectivity index (χ1v) is 21.0. The van der Waals surface area contributed by atoms with Crippen molar-refractivity contribution in [2.24, 2.45) is 5.92 Å². The number of benzene rings is 1. The average molecular weight is 847 g/mol. The van der Waals surface area contributed by atoms with Crippen LogP contribution in [0.3, 0.4) is 0 Å². The molecule has 2 aliphatic rings. The van der Waals surface area contributed by atoms with Gasteiger partial charge in [0, 0.05) is 45.0 Å². The summed E-state index contributed by atoms with van der Waals surface area (Å²) in [5.74, 6) is -3.78. The smallest absolute Gasteiger partial charge is 0.315 e. The van der Waals surface area contributed by atoms with Crippen LogP contribution in [0.5, 0.6) is 5.75 Å². The Bertz CT molecular complexity index is 1650. The van der Waals surface area contributed by atoms with Crippen LogP contribution in [0.1, 0.15) is 84.1 Å². The third kappa shape index (κ3) is 16.8. The lowest BCUT2D eigenvalue weighted by atomic mass is 9.99. The Balaban J connectivity index is 1.49. The van der Waals surface area contributed by atoms with Crippen LogP contribution in [0.4, 0.5) is 4.79 Å². The average Bonchev–Trinajstić information content (AvgIpc) is 3.75. The molecule has 3 rings (SSSR count). The van der Waals surface area contributed by atoms with Crippen LogP contribution in [-0.4, -0.2) is 124 Å². The molecule has 7 atom stereocenters. The van der Waals surface area contributed by atoms with Crippen molar-refractivity contribution in [1.82, 2.24) is 42.5 Å². The number of carboxylic acid groups (broad SMARTS) is 1. The van der Waals surface area contributed by atoms with E-state index in [0.29, 0.717) is 56.3 Å². The van der Waals surface area contributed by atoms with Crippen molar-refractivity contribution in [3.05, 3.63) is 29.8 Å². The zero-order valence-electron chi connectivity index (χ0n) is 33.7. The summed E-state index contributed by atoms with van der Waals surface area (Å²) >= 11 is 1.50. The van der Waals surface area contributed by atoms with E-state index in [0.717, 1.165) is 0 Å². The molecule has 3 unspecified atom stereocenters. The molecular weight excluding hydrogens is 789 g/mol. The molecule has 2 heterocycles. The van der Waals surface area contributed by atoms with Gasteiger partial charge in [0.15, 0.2) is 0 Å². The second-order valence-corrected chi connectivity index (χ2v) is 16.2. The molecule has 0 aromatic heterocycles. The maximum absolute atomic E-state index is 13.7. The second-order valence-electron chi connectivity index (χ2n) is 15.1. The molecule has 2 fully saturated rings. The molecule has 10 N–H and O–H groups in total. The van der Waals surface area contributed by atoms with E-state index >= 15 is 0 Å². The predicted octanol–water partition coefficient (Wildman–Crippen LogP) is -0.258. The van der Waals surface area contributed by atoms with Gasteiger partial charge in [-0.1, -0.05) is 32.4 Å². The molecule has 2 saturated heterocycles. The lowest BCUT2D eigenvalue weighted by Crippen LogP contribution is -2.59. The highest BCUT2D eigenvalue weighted by Crippen LogP contribution is 2.30. The first kappa shape index (κ1) is 48.0. The van der Waals surface area contributed by atoms with Crippen LogP contribution in [0.15, 0.2) is 24.3 Å². The number of aliphatic carboxylic acids is 1. The van der Waals surface area contributed by atoms with Gasteiger partial charge in [0.05, 0.1) is 18.1 Å². The number of amides is 8. The fourth-order valence-electron chi connectivity index (χ4n) is 6.60. The largest absolute Gasteiger partial charge is 0.508 e. The van der Waals surface area contributed by atoms with Gasteiger partial charge in [-0.25, -0.2) is 4.79 Å². The van der Waals surface area contributed by atoms with Gasteiger partial charge in [0.25, 0.3) is 0 Å². The number of unbranched alkanes of at least 4 members (excludes halogenated alkanes) is 3. The van der Waals surface area contributed by atoms with Crippen molar-refractivity contribution in [3.63, 3.8) is 0 Å². The normalized spacial score (nSPS) is 18.8. The van der Waals surface area contributed by atoms with Gasteiger partial charge < -0.3 is 57.5 Å². The number of thioether (sulfide) groups is 1. The van der Waals surface area contributed by atoms with Gasteiger partial charge >= 0.3 is 12.0 Å². The van der Waals surface area contributed by atoms with Crippen molar-refractivity contribution in [2.75, 3.05) is 18.8 Å². The number of aldehydes is 1. The van der Waals surface area contributed by atoms with Crippen molar-refractivity contribution < 1.29 is 53.4 Å². The Morgan fingerprint density at radius 3 is 2.15 bits per heavy atom. The molecule has 0 aliphatic carbocycles. The molecule has 0 bridgehead atoms. The number of carbonyl (C=O) groups excluding carboxylic acids is 8. The maximum Gasteiger partial charge on any atom is 0.315 e. The molecule has 0 saturated carbocycles. The van der Waals surface area contributed by atoms with E-state index in [1.807, 2.05) is 0 Å². The van der Waals surface area contributed by atoms with Gasteiger partial charge in [-0.3, -0.25) is 33.6 Å². The number of nitrogens with one attached hydrogen (secondary N) is 8.